The summed E-state index contributed by atoms with van der Waals surface area (Å²) in [5.74, 6) is 1.87. The molecule has 1 aromatic carbocycles. The summed E-state index contributed by atoms with van der Waals surface area (Å²) in [6.07, 6.45) is 2.01. The third kappa shape index (κ3) is 8.52. The van der Waals surface area contributed by atoms with Crippen molar-refractivity contribution in [1.29, 1.82) is 0 Å². The Morgan fingerprint density at radius 3 is 2.93 bits per heavy atom. The number of nitrogens with zero attached hydrogens (tertiary/aromatic N) is 1. The van der Waals surface area contributed by atoms with Gasteiger partial charge in [-0.1, -0.05) is 12.1 Å². The highest BCUT2D eigenvalue weighted by atomic mass is 127. The van der Waals surface area contributed by atoms with Gasteiger partial charge in [0.15, 0.2) is 17.5 Å². The molecular weight excluding hydrogens is 461 g/mol. The van der Waals surface area contributed by atoms with Crippen LogP contribution in [0.15, 0.2) is 23.2 Å². The first-order valence-electron chi connectivity index (χ1n) is 9.27. The molecule has 8 heteroatoms. The molecule has 154 valence electrons. The number of guanidine groups is 1. The number of phenolic OH excluding ortho intramolecular Hbond substituents is 1. The number of hydrogen-bond donors (Lipinski definition) is 3. The molecule has 0 amide bonds. The first kappa shape index (κ1) is 23.8. The van der Waals surface area contributed by atoms with Crippen molar-refractivity contribution in [2.24, 2.45) is 10.9 Å². The van der Waals surface area contributed by atoms with Gasteiger partial charge in [0.25, 0.3) is 0 Å². The quantitative estimate of drug-likeness (QED) is 0.201. The Morgan fingerprint density at radius 1 is 1.37 bits per heavy atom. The Balaban J connectivity index is 0.00000364. The molecule has 0 radical (unpaired) electrons. The van der Waals surface area contributed by atoms with Crippen molar-refractivity contribution in [3.8, 4) is 11.5 Å². The summed E-state index contributed by atoms with van der Waals surface area (Å²) >= 11 is 0. The summed E-state index contributed by atoms with van der Waals surface area (Å²) < 4.78 is 16.2. The molecule has 7 nitrogen and oxygen atoms in total. The number of halogens is 1. The fourth-order valence-electron chi connectivity index (χ4n) is 2.71. The van der Waals surface area contributed by atoms with E-state index in [1.54, 1.807) is 6.07 Å². The topological polar surface area (TPSA) is 84.3 Å². The highest BCUT2D eigenvalue weighted by molar-refractivity contribution is 14.0. The number of nitrogens with one attached hydrogen (secondary N) is 2. The van der Waals surface area contributed by atoms with E-state index in [1.165, 1.54) is 7.11 Å². The van der Waals surface area contributed by atoms with Crippen molar-refractivity contribution in [1.82, 2.24) is 10.6 Å². The maximum absolute atomic E-state index is 10.1. The number of rotatable bonds is 10. The van der Waals surface area contributed by atoms with E-state index in [0.29, 0.717) is 18.2 Å². The smallest absolute Gasteiger partial charge is 0.191 e. The number of phenols is 1. The Labute approximate surface area is 178 Å². The van der Waals surface area contributed by atoms with Gasteiger partial charge in [-0.2, -0.15) is 0 Å². The number of aromatic hydroxyl groups is 1. The standard InChI is InChI=1S/C19H31N3O4.HI/c1-3-20-19(21-9-5-10-25-13-15-8-11-26-14-15)22-12-16-6-4-7-17(24-2)18(16)23;/h4,6-7,15,23H,3,5,8-14H2,1-2H3,(H2,20,21,22);1H. The molecule has 1 aliphatic heterocycles. The zero-order valence-corrected chi connectivity index (χ0v) is 18.5. The SMILES string of the molecule is CCNC(=NCc1cccc(OC)c1O)NCCCOCC1CCOC1.I. The summed E-state index contributed by atoms with van der Waals surface area (Å²) in [7, 11) is 1.54. The molecule has 3 N–H and O–H groups in total. The van der Waals surface area contributed by atoms with Gasteiger partial charge in [-0.15, -0.1) is 24.0 Å². The van der Waals surface area contributed by atoms with Crippen LogP contribution in [0.4, 0.5) is 0 Å². The second kappa shape index (κ2) is 13.8. The Morgan fingerprint density at radius 2 is 2.22 bits per heavy atom. The number of aliphatic imine (C=N–C) groups is 1. The molecule has 1 fully saturated rings. The van der Waals surface area contributed by atoms with Gasteiger partial charge in [-0.3, -0.25) is 0 Å². The third-order valence-electron chi connectivity index (χ3n) is 4.19. The first-order chi connectivity index (χ1) is 12.7. The molecule has 2 rings (SSSR count). The monoisotopic (exact) mass is 493 g/mol. The molecule has 1 unspecified atom stereocenters. The van der Waals surface area contributed by atoms with E-state index in [-0.39, 0.29) is 29.7 Å². The molecule has 1 atom stereocenters. The van der Waals surface area contributed by atoms with Crippen molar-refractivity contribution in [3.63, 3.8) is 0 Å². The molecule has 1 saturated heterocycles. The predicted octanol–water partition coefficient (Wildman–Crippen LogP) is 2.52. The van der Waals surface area contributed by atoms with Crippen LogP contribution in [0.1, 0.15) is 25.3 Å². The summed E-state index contributed by atoms with van der Waals surface area (Å²) in [6, 6.07) is 5.41. The van der Waals surface area contributed by atoms with E-state index in [1.807, 2.05) is 19.1 Å². The molecule has 0 aliphatic carbocycles. The summed E-state index contributed by atoms with van der Waals surface area (Å²) in [6.45, 7) is 7.13. The summed E-state index contributed by atoms with van der Waals surface area (Å²) in [5.41, 5.74) is 0.726. The zero-order valence-electron chi connectivity index (χ0n) is 16.2. The number of hydrogen-bond acceptors (Lipinski definition) is 5. The van der Waals surface area contributed by atoms with E-state index in [0.717, 1.165) is 63.9 Å². The minimum Gasteiger partial charge on any atom is -0.504 e. The van der Waals surface area contributed by atoms with Crippen LogP contribution < -0.4 is 15.4 Å². The lowest BCUT2D eigenvalue weighted by Crippen LogP contribution is -2.38. The van der Waals surface area contributed by atoms with Crippen LogP contribution in [0.2, 0.25) is 0 Å². The van der Waals surface area contributed by atoms with Crippen LogP contribution in [0.3, 0.4) is 0 Å². The van der Waals surface area contributed by atoms with Crippen molar-refractivity contribution < 1.29 is 19.3 Å². The second-order valence-corrected chi connectivity index (χ2v) is 6.25. The molecule has 0 aromatic heterocycles. The molecule has 0 spiro atoms. The van der Waals surface area contributed by atoms with Gasteiger partial charge in [-0.05, 0) is 25.8 Å². The van der Waals surface area contributed by atoms with Crippen LogP contribution in [0, 0.1) is 5.92 Å². The van der Waals surface area contributed by atoms with Crippen molar-refractivity contribution >= 4 is 29.9 Å². The van der Waals surface area contributed by atoms with E-state index >= 15 is 0 Å². The lowest BCUT2D eigenvalue weighted by Gasteiger charge is -2.13. The van der Waals surface area contributed by atoms with E-state index in [4.69, 9.17) is 14.2 Å². The highest BCUT2D eigenvalue weighted by Gasteiger charge is 2.15. The van der Waals surface area contributed by atoms with Crippen LogP contribution in [0.25, 0.3) is 0 Å². The molecule has 0 bridgehead atoms. The third-order valence-corrected chi connectivity index (χ3v) is 4.19. The average molecular weight is 493 g/mol. The van der Waals surface area contributed by atoms with Gasteiger partial charge in [0.1, 0.15) is 0 Å². The molecule has 1 aromatic rings. The second-order valence-electron chi connectivity index (χ2n) is 6.25. The molecule has 1 aliphatic rings. The Bertz CT molecular complexity index is 566. The van der Waals surface area contributed by atoms with Gasteiger partial charge in [-0.25, -0.2) is 4.99 Å². The zero-order chi connectivity index (χ0) is 18.6. The number of benzene rings is 1. The minimum atomic E-state index is 0. The Kier molecular flexibility index (Phi) is 12.2. The molecular formula is C19H32IN3O4. The maximum atomic E-state index is 10.1. The normalized spacial score (nSPS) is 16.7. The van der Waals surface area contributed by atoms with E-state index in [2.05, 4.69) is 15.6 Å². The van der Waals surface area contributed by atoms with Crippen LogP contribution >= 0.6 is 24.0 Å². The van der Waals surface area contributed by atoms with Gasteiger partial charge in [0.2, 0.25) is 0 Å². The van der Waals surface area contributed by atoms with E-state index in [9.17, 15) is 5.11 Å². The van der Waals surface area contributed by atoms with E-state index < -0.39 is 0 Å². The number of ether oxygens (including phenoxy) is 3. The predicted molar refractivity (Wildman–Crippen MR) is 117 cm³/mol. The fourth-order valence-corrected chi connectivity index (χ4v) is 2.71. The fraction of sp³-hybridized carbons (Fsp3) is 0.632. The minimum absolute atomic E-state index is 0. The van der Waals surface area contributed by atoms with Crippen molar-refractivity contribution in [2.75, 3.05) is 46.6 Å². The van der Waals surface area contributed by atoms with Gasteiger partial charge >= 0.3 is 0 Å². The number of para-hydroxylation sites is 1. The number of methoxy groups -OCH3 is 1. The average Bonchev–Trinajstić information content (AvgIpc) is 3.17. The van der Waals surface area contributed by atoms with Crippen molar-refractivity contribution in [3.05, 3.63) is 23.8 Å². The molecule has 0 saturated carbocycles. The lowest BCUT2D eigenvalue weighted by atomic mass is 10.1. The first-order valence-corrected chi connectivity index (χ1v) is 9.27. The molecule has 1 heterocycles. The summed E-state index contributed by atoms with van der Waals surface area (Å²) in [5, 5.41) is 16.6. The van der Waals surface area contributed by atoms with Crippen LogP contribution in [-0.2, 0) is 16.0 Å². The Hall–Kier alpha value is -1.26. The molecule has 27 heavy (non-hydrogen) atoms. The summed E-state index contributed by atoms with van der Waals surface area (Å²) in [4.78, 5) is 4.52. The largest absolute Gasteiger partial charge is 0.504 e. The van der Waals surface area contributed by atoms with Gasteiger partial charge in [0.05, 0.1) is 26.9 Å². The van der Waals surface area contributed by atoms with Crippen LogP contribution in [-0.4, -0.2) is 57.7 Å². The van der Waals surface area contributed by atoms with Gasteiger partial charge < -0.3 is 30.0 Å². The van der Waals surface area contributed by atoms with Crippen LogP contribution in [0.5, 0.6) is 11.5 Å². The van der Waals surface area contributed by atoms with Gasteiger partial charge in [0, 0.05) is 37.8 Å². The highest BCUT2D eigenvalue weighted by Crippen LogP contribution is 2.29. The van der Waals surface area contributed by atoms with Crippen molar-refractivity contribution in [2.45, 2.75) is 26.3 Å². The lowest BCUT2D eigenvalue weighted by molar-refractivity contribution is 0.0888. The maximum Gasteiger partial charge on any atom is 0.191 e.